The number of fused-ring (bicyclic) bond motifs is 1. The molecule has 8 heteroatoms. The molecule has 0 spiro atoms. The zero-order valence-corrected chi connectivity index (χ0v) is 10.0. The van der Waals surface area contributed by atoms with E-state index in [1.807, 2.05) is 0 Å². The van der Waals surface area contributed by atoms with E-state index >= 15 is 0 Å². The normalized spacial score (nSPS) is 15.3. The van der Waals surface area contributed by atoms with Crippen molar-refractivity contribution in [1.29, 1.82) is 0 Å². The van der Waals surface area contributed by atoms with Crippen molar-refractivity contribution in [2.45, 2.75) is 12.1 Å². The third kappa shape index (κ3) is 2.54. The summed E-state index contributed by atoms with van der Waals surface area (Å²) >= 11 is 0. The van der Waals surface area contributed by atoms with Crippen LogP contribution in [0.3, 0.4) is 0 Å². The standard InChI is InChI=1S/C11H11N3O5/c1-17-11(16)9(13-14-12)10(15)6-2-3-7-8(4-6)19-5-18-7/h2-4,9-10,15H,5H2,1H3. The molecule has 2 rings (SSSR count). The van der Waals surface area contributed by atoms with Crippen LogP contribution in [0.25, 0.3) is 10.4 Å². The molecule has 0 saturated carbocycles. The first-order valence-corrected chi connectivity index (χ1v) is 5.37. The van der Waals surface area contributed by atoms with Crippen LogP contribution in [-0.2, 0) is 9.53 Å². The Morgan fingerprint density at radius 3 is 2.95 bits per heavy atom. The zero-order chi connectivity index (χ0) is 13.8. The zero-order valence-electron chi connectivity index (χ0n) is 10.0. The van der Waals surface area contributed by atoms with E-state index in [0.717, 1.165) is 7.11 Å². The van der Waals surface area contributed by atoms with Crippen LogP contribution in [0.2, 0.25) is 0 Å². The molecule has 8 nitrogen and oxygen atoms in total. The fourth-order valence-electron chi connectivity index (χ4n) is 1.69. The van der Waals surface area contributed by atoms with E-state index in [0.29, 0.717) is 17.1 Å². The van der Waals surface area contributed by atoms with Gasteiger partial charge in [-0.05, 0) is 23.2 Å². The molecule has 1 aromatic carbocycles. The predicted octanol–water partition coefficient (Wildman–Crippen LogP) is 1.30. The summed E-state index contributed by atoms with van der Waals surface area (Å²) in [4.78, 5) is 14.0. The summed E-state index contributed by atoms with van der Waals surface area (Å²) in [6.45, 7) is 0.103. The van der Waals surface area contributed by atoms with Gasteiger partial charge in [0.25, 0.3) is 0 Å². The lowest BCUT2D eigenvalue weighted by atomic mass is 10.0. The summed E-state index contributed by atoms with van der Waals surface area (Å²) in [6.07, 6.45) is -1.32. The second-order valence-electron chi connectivity index (χ2n) is 3.73. The third-order valence-corrected chi connectivity index (χ3v) is 2.66. The number of methoxy groups -OCH3 is 1. The molecule has 0 bridgehead atoms. The summed E-state index contributed by atoms with van der Waals surface area (Å²) < 4.78 is 14.8. The average Bonchev–Trinajstić information content (AvgIpc) is 2.90. The van der Waals surface area contributed by atoms with Gasteiger partial charge in [0.05, 0.1) is 13.2 Å². The van der Waals surface area contributed by atoms with Crippen molar-refractivity contribution in [1.82, 2.24) is 0 Å². The lowest BCUT2D eigenvalue weighted by molar-refractivity contribution is -0.144. The highest BCUT2D eigenvalue weighted by Crippen LogP contribution is 2.35. The number of hydrogen-bond donors (Lipinski definition) is 1. The van der Waals surface area contributed by atoms with Crippen LogP contribution in [0.4, 0.5) is 0 Å². The Kier molecular flexibility index (Phi) is 3.74. The first kappa shape index (κ1) is 13.0. The molecule has 2 atom stereocenters. The SMILES string of the molecule is COC(=O)C(N=[N+]=[N-])C(O)c1ccc2c(c1)OCO2. The Morgan fingerprint density at radius 2 is 2.26 bits per heavy atom. The number of ether oxygens (including phenoxy) is 3. The van der Waals surface area contributed by atoms with Crippen LogP contribution in [-0.4, -0.2) is 31.0 Å². The van der Waals surface area contributed by atoms with Crippen LogP contribution in [0.1, 0.15) is 11.7 Å². The highest BCUT2D eigenvalue weighted by Gasteiger charge is 2.29. The third-order valence-electron chi connectivity index (χ3n) is 2.66. The minimum Gasteiger partial charge on any atom is -0.469 e. The van der Waals surface area contributed by atoms with Crippen LogP contribution in [0.5, 0.6) is 11.5 Å². The Hall–Kier alpha value is -2.44. The highest BCUT2D eigenvalue weighted by atomic mass is 16.7. The van der Waals surface area contributed by atoms with Gasteiger partial charge in [-0.1, -0.05) is 11.2 Å². The number of esters is 1. The van der Waals surface area contributed by atoms with Gasteiger partial charge < -0.3 is 19.3 Å². The number of azide groups is 1. The molecule has 19 heavy (non-hydrogen) atoms. The Balaban J connectivity index is 2.28. The van der Waals surface area contributed by atoms with Crippen LogP contribution in [0, 0.1) is 0 Å². The van der Waals surface area contributed by atoms with E-state index < -0.39 is 18.1 Å². The molecule has 0 amide bonds. The monoisotopic (exact) mass is 265 g/mol. The number of aliphatic hydroxyl groups excluding tert-OH is 1. The maximum atomic E-state index is 11.4. The van der Waals surface area contributed by atoms with Crippen molar-refractivity contribution in [3.63, 3.8) is 0 Å². The van der Waals surface area contributed by atoms with Crippen molar-refractivity contribution in [2.75, 3.05) is 13.9 Å². The number of carbonyl (C=O) groups is 1. The molecule has 0 radical (unpaired) electrons. The Morgan fingerprint density at radius 1 is 1.53 bits per heavy atom. The van der Waals surface area contributed by atoms with Crippen LogP contribution >= 0.6 is 0 Å². The Bertz CT molecular complexity index is 541. The van der Waals surface area contributed by atoms with Gasteiger partial charge in [0.1, 0.15) is 0 Å². The molecule has 1 aliphatic heterocycles. The molecule has 100 valence electrons. The lowest BCUT2D eigenvalue weighted by Crippen LogP contribution is -2.27. The molecular weight excluding hydrogens is 254 g/mol. The molecule has 0 fully saturated rings. The molecular formula is C11H11N3O5. The van der Waals surface area contributed by atoms with Crippen LogP contribution < -0.4 is 9.47 Å². The first-order chi connectivity index (χ1) is 9.17. The number of aliphatic hydroxyl groups is 1. The minimum absolute atomic E-state index is 0.103. The van der Waals surface area contributed by atoms with E-state index in [4.69, 9.17) is 15.0 Å². The van der Waals surface area contributed by atoms with E-state index in [1.165, 1.54) is 6.07 Å². The van der Waals surface area contributed by atoms with E-state index in [-0.39, 0.29) is 6.79 Å². The van der Waals surface area contributed by atoms with Crippen molar-refractivity contribution in [3.8, 4) is 11.5 Å². The number of hydrogen-bond acceptors (Lipinski definition) is 6. The number of nitrogens with zero attached hydrogens (tertiary/aromatic N) is 3. The van der Waals surface area contributed by atoms with Gasteiger partial charge in [-0.2, -0.15) is 0 Å². The molecule has 1 aliphatic rings. The molecule has 0 aromatic heterocycles. The second-order valence-corrected chi connectivity index (χ2v) is 3.73. The van der Waals surface area contributed by atoms with E-state index in [1.54, 1.807) is 12.1 Å². The number of carbonyl (C=O) groups excluding carboxylic acids is 1. The van der Waals surface area contributed by atoms with Crippen molar-refractivity contribution < 1.29 is 24.1 Å². The summed E-state index contributed by atoms with van der Waals surface area (Å²) in [5.41, 5.74) is 8.79. The second kappa shape index (κ2) is 5.47. The van der Waals surface area contributed by atoms with Gasteiger partial charge in [0.15, 0.2) is 17.5 Å². The Labute approximate surface area is 108 Å². The fourth-order valence-corrected chi connectivity index (χ4v) is 1.69. The van der Waals surface area contributed by atoms with Crippen molar-refractivity contribution in [2.24, 2.45) is 5.11 Å². The van der Waals surface area contributed by atoms with E-state index in [9.17, 15) is 9.90 Å². The average molecular weight is 265 g/mol. The van der Waals surface area contributed by atoms with Gasteiger partial charge in [0, 0.05) is 4.91 Å². The quantitative estimate of drug-likeness (QED) is 0.381. The highest BCUT2D eigenvalue weighted by molar-refractivity contribution is 5.77. The maximum absolute atomic E-state index is 11.4. The van der Waals surface area contributed by atoms with Gasteiger partial charge in [0.2, 0.25) is 6.79 Å². The van der Waals surface area contributed by atoms with Gasteiger partial charge in [-0.25, -0.2) is 0 Å². The van der Waals surface area contributed by atoms with Gasteiger partial charge >= 0.3 is 5.97 Å². The summed E-state index contributed by atoms with van der Waals surface area (Å²) in [5, 5.41) is 13.3. The van der Waals surface area contributed by atoms with Crippen molar-refractivity contribution >= 4 is 5.97 Å². The molecule has 1 heterocycles. The molecule has 0 saturated heterocycles. The first-order valence-electron chi connectivity index (χ1n) is 5.37. The number of benzene rings is 1. The molecule has 0 aliphatic carbocycles. The largest absolute Gasteiger partial charge is 0.469 e. The molecule has 2 unspecified atom stereocenters. The number of rotatable bonds is 4. The summed E-state index contributed by atoms with van der Waals surface area (Å²) in [5.74, 6) is 0.193. The lowest BCUT2D eigenvalue weighted by Gasteiger charge is -2.16. The summed E-state index contributed by atoms with van der Waals surface area (Å²) in [6, 6.07) is 3.33. The predicted molar refractivity (Wildman–Crippen MR) is 62.5 cm³/mol. The summed E-state index contributed by atoms with van der Waals surface area (Å²) in [7, 11) is 1.15. The van der Waals surface area contributed by atoms with E-state index in [2.05, 4.69) is 14.8 Å². The van der Waals surface area contributed by atoms with Crippen molar-refractivity contribution in [3.05, 3.63) is 34.2 Å². The smallest absolute Gasteiger partial charge is 0.317 e. The van der Waals surface area contributed by atoms with Crippen LogP contribution in [0.15, 0.2) is 23.3 Å². The fraction of sp³-hybridized carbons (Fsp3) is 0.364. The van der Waals surface area contributed by atoms with Gasteiger partial charge in [-0.15, -0.1) is 0 Å². The maximum Gasteiger partial charge on any atom is 0.317 e. The topological polar surface area (TPSA) is 114 Å². The molecule has 1 aromatic rings. The van der Waals surface area contributed by atoms with Gasteiger partial charge in [-0.3, -0.25) is 4.79 Å². The minimum atomic E-state index is -1.35. The molecule has 1 N–H and O–H groups in total.